The molecule has 1 heterocycles. The van der Waals surface area contributed by atoms with E-state index >= 15 is 0 Å². The molecule has 0 spiro atoms. The van der Waals surface area contributed by atoms with E-state index in [1.54, 1.807) is 0 Å². The van der Waals surface area contributed by atoms with Crippen molar-refractivity contribution in [2.45, 2.75) is 6.54 Å². The number of nitrogens with zero attached hydrogens (tertiary/aromatic N) is 2. The number of aromatic carboxylic acids is 1. The smallest absolute Gasteiger partial charge is 0.407 e. The Labute approximate surface area is 112 Å². The number of aryl methyl sites for hydroxylation is 1. The number of alkyl carbamates (subject to hydrolysis) is 1. The molecule has 0 aliphatic carbocycles. The van der Waals surface area contributed by atoms with Crippen LogP contribution in [-0.4, -0.2) is 33.6 Å². The summed E-state index contributed by atoms with van der Waals surface area (Å²) in [7, 11) is 1.51. The van der Waals surface area contributed by atoms with Gasteiger partial charge in [0, 0.05) is 7.05 Å². The lowest BCUT2D eigenvalue weighted by Crippen LogP contribution is -2.24. The third-order valence-corrected chi connectivity index (χ3v) is 2.82. The van der Waals surface area contributed by atoms with E-state index in [-0.39, 0.29) is 18.8 Å². The standard InChI is InChI=1S/C10H12BrN3O4/c1-3-4-18-10(17)12-5-6-7(11)8(9(15)16)14(2)13-6/h3H,1,4-5H2,2H3,(H,12,17)(H,15,16). The van der Waals surface area contributed by atoms with Gasteiger partial charge in [0.1, 0.15) is 6.61 Å². The van der Waals surface area contributed by atoms with Crippen molar-refractivity contribution in [1.82, 2.24) is 15.1 Å². The molecule has 0 radical (unpaired) electrons. The molecule has 2 N–H and O–H groups in total. The van der Waals surface area contributed by atoms with Crippen molar-refractivity contribution >= 4 is 28.0 Å². The first-order chi connectivity index (χ1) is 8.47. The summed E-state index contributed by atoms with van der Waals surface area (Å²) in [6, 6.07) is 0. The highest BCUT2D eigenvalue weighted by Crippen LogP contribution is 2.20. The second-order valence-electron chi connectivity index (χ2n) is 3.28. The summed E-state index contributed by atoms with van der Waals surface area (Å²) >= 11 is 3.13. The number of hydrogen-bond acceptors (Lipinski definition) is 4. The molecule has 0 atom stereocenters. The lowest BCUT2D eigenvalue weighted by molar-refractivity contribution is 0.0684. The molecular weight excluding hydrogens is 306 g/mol. The van der Waals surface area contributed by atoms with Gasteiger partial charge in [-0.25, -0.2) is 9.59 Å². The number of carbonyl (C=O) groups is 2. The number of carbonyl (C=O) groups excluding carboxylic acids is 1. The fraction of sp³-hybridized carbons (Fsp3) is 0.300. The summed E-state index contributed by atoms with van der Waals surface area (Å²) in [5.74, 6) is -1.10. The van der Waals surface area contributed by atoms with Crippen LogP contribution in [0.3, 0.4) is 0 Å². The molecule has 0 bridgehead atoms. The maximum absolute atomic E-state index is 11.2. The van der Waals surface area contributed by atoms with Crippen LogP contribution in [0.15, 0.2) is 17.1 Å². The van der Waals surface area contributed by atoms with E-state index in [1.807, 2.05) is 0 Å². The summed E-state index contributed by atoms with van der Waals surface area (Å²) < 4.78 is 6.26. The minimum atomic E-state index is -1.10. The predicted octanol–water partition coefficient (Wildman–Crippen LogP) is 1.29. The van der Waals surface area contributed by atoms with Crippen LogP contribution in [0.5, 0.6) is 0 Å². The summed E-state index contributed by atoms with van der Waals surface area (Å²) in [6.07, 6.45) is 0.822. The molecule has 0 saturated carbocycles. The Hall–Kier alpha value is -1.83. The van der Waals surface area contributed by atoms with Crippen molar-refractivity contribution in [3.8, 4) is 0 Å². The zero-order valence-corrected chi connectivity index (χ0v) is 11.2. The second kappa shape index (κ2) is 6.20. The van der Waals surface area contributed by atoms with Crippen LogP contribution in [0.2, 0.25) is 0 Å². The zero-order valence-electron chi connectivity index (χ0n) is 9.64. The van der Waals surface area contributed by atoms with Crippen LogP contribution < -0.4 is 5.32 Å². The Balaban J connectivity index is 2.69. The Morgan fingerprint density at radius 3 is 2.83 bits per heavy atom. The molecule has 0 saturated heterocycles. The summed E-state index contributed by atoms with van der Waals surface area (Å²) in [6.45, 7) is 3.58. The van der Waals surface area contributed by atoms with E-state index in [0.29, 0.717) is 10.2 Å². The number of hydrogen-bond donors (Lipinski definition) is 2. The molecule has 1 aromatic rings. The molecule has 7 nitrogen and oxygen atoms in total. The lowest BCUT2D eigenvalue weighted by Gasteiger charge is -2.03. The van der Waals surface area contributed by atoms with Crippen LogP contribution in [-0.2, 0) is 18.3 Å². The number of nitrogens with one attached hydrogen (secondary N) is 1. The number of rotatable bonds is 5. The van der Waals surface area contributed by atoms with Crippen LogP contribution >= 0.6 is 15.9 Å². The Bertz CT molecular complexity index is 484. The SMILES string of the molecule is C=CCOC(=O)NCc1nn(C)c(C(=O)O)c1Br. The number of aromatic nitrogens is 2. The van der Waals surface area contributed by atoms with E-state index in [1.165, 1.54) is 17.8 Å². The van der Waals surface area contributed by atoms with Crippen molar-refractivity contribution in [3.63, 3.8) is 0 Å². The van der Waals surface area contributed by atoms with E-state index in [0.717, 1.165) is 0 Å². The summed E-state index contributed by atoms with van der Waals surface area (Å²) in [4.78, 5) is 22.1. The van der Waals surface area contributed by atoms with Gasteiger partial charge in [-0.05, 0) is 15.9 Å². The number of carboxylic acids is 1. The highest BCUT2D eigenvalue weighted by atomic mass is 79.9. The molecular formula is C10H12BrN3O4. The Morgan fingerprint density at radius 2 is 2.33 bits per heavy atom. The molecule has 0 aliphatic heterocycles. The molecule has 0 aromatic carbocycles. The van der Waals surface area contributed by atoms with Crippen LogP contribution in [0.1, 0.15) is 16.2 Å². The highest BCUT2D eigenvalue weighted by Gasteiger charge is 2.19. The first-order valence-electron chi connectivity index (χ1n) is 4.93. The Kier molecular flexibility index (Phi) is 4.90. The first-order valence-corrected chi connectivity index (χ1v) is 5.72. The van der Waals surface area contributed by atoms with Crippen LogP contribution in [0.4, 0.5) is 4.79 Å². The fourth-order valence-electron chi connectivity index (χ4n) is 1.24. The highest BCUT2D eigenvalue weighted by molar-refractivity contribution is 9.10. The minimum Gasteiger partial charge on any atom is -0.476 e. The van der Waals surface area contributed by atoms with Crippen LogP contribution in [0.25, 0.3) is 0 Å². The van der Waals surface area contributed by atoms with Gasteiger partial charge in [-0.15, -0.1) is 0 Å². The van der Waals surface area contributed by atoms with Gasteiger partial charge in [-0.1, -0.05) is 12.7 Å². The van der Waals surface area contributed by atoms with E-state index in [4.69, 9.17) is 9.84 Å². The van der Waals surface area contributed by atoms with Gasteiger partial charge >= 0.3 is 12.1 Å². The molecule has 98 valence electrons. The molecule has 1 amide bonds. The monoisotopic (exact) mass is 317 g/mol. The predicted molar refractivity (Wildman–Crippen MR) is 66.3 cm³/mol. The van der Waals surface area contributed by atoms with Gasteiger partial charge in [0.25, 0.3) is 0 Å². The average Bonchev–Trinajstić information content (AvgIpc) is 2.58. The maximum Gasteiger partial charge on any atom is 0.407 e. The molecule has 0 unspecified atom stereocenters. The van der Waals surface area contributed by atoms with Gasteiger partial charge in [0.05, 0.1) is 16.7 Å². The van der Waals surface area contributed by atoms with Crippen molar-refractivity contribution in [2.75, 3.05) is 6.61 Å². The van der Waals surface area contributed by atoms with Gasteiger partial charge in [0.15, 0.2) is 5.69 Å². The van der Waals surface area contributed by atoms with E-state index < -0.39 is 12.1 Å². The third kappa shape index (κ3) is 3.33. The fourth-order valence-corrected chi connectivity index (χ4v) is 1.89. The summed E-state index contributed by atoms with van der Waals surface area (Å²) in [5.41, 5.74) is 0.428. The van der Waals surface area contributed by atoms with Crippen molar-refractivity contribution in [2.24, 2.45) is 7.05 Å². The van der Waals surface area contributed by atoms with Gasteiger partial charge in [0.2, 0.25) is 0 Å². The molecule has 0 fully saturated rings. The topological polar surface area (TPSA) is 93.5 Å². The normalized spacial score (nSPS) is 9.89. The van der Waals surface area contributed by atoms with Crippen LogP contribution in [0, 0.1) is 0 Å². The molecule has 18 heavy (non-hydrogen) atoms. The third-order valence-electron chi connectivity index (χ3n) is 1.99. The van der Waals surface area contributed by atoms with E-state index in [2.05, 4.69) is 32.9 Å². The van der Waals surface area contributed by atoms with Gasteiger partial charge < -0.3 is 15.2 Å². The van der Waals surface area contributed by atoms with Gasteiger partial charge in [-0.2, -0.15) is 5.10 Å². The van der Waals surface area contributed by atoms with Crippen molar-refractivity contribution < 1.29 is 19.4 Å². The molecule has 1 rings (SSSR count). The average molecular weight is 318 g/mol. The molecule has 0 aliphatic rings. The van der Waals surface area contributed by atoms with Crippen molar-refractivity contribution in [3.05, 3.63) is 28.5 Å². The zero-order chi connectivity index (χ0) is 13.7. The number of halogens is 1. The number of ether oxygens (including phenoxy) is 1. The first kappa shape index (κ1) is 14.2. The number of amides is 1. The minimum absolute atomic E-state index is 0.0197. The quantitative estimate of drug-likeness (QED) is 0.798. The second-order valence-corrected chi connectivity index (χ2v) is 4.07. The van der Waals surface area contributed by atoms with Gasteiger partial charge in [-0.3, -0.25) is 4.68 Å². The van der Waals surface area contributed by atoms with Crippen molar-refractivity contribution in [1.29, 1.82) is 0 Å². The Morgan fingerprint density at radius 1 is 1.67 bits per heavy atom. The largest absolute Gasteiger partial charge is 0.476 e. The summed E-state index contributed by atoms with van der Waals surface area (Å²) in [5, 5.41) is 15.4. The van der Waals surface area contributed by atoms with E-state index in [9.17, 15) is 9.59 Å². The molecule has 1 aromatic heterocycles. The lowest BCUT2D eigenvalue weighted by atomic mass is 10.3. The number of carboxylic acid groups (broad SMARTS) is 1. The maximum atomic E-state index is 11.2. The molecule has 8 heteroatoms.